The van der Waals surface area contributed by atoms with Gasteiger partial charge < -0.3 is 14.9 Å². The number of carbonyl (C=O) groups excluding carboxylic acids is 1. The second kappa shape index (κ2) is 10.5. The van der Waals surface area contributed by atoms with Gasteiger partial charge in [-0.15, -0.1) is 0 Å². The maximum absolute atomic E-state index is 10.7. The lowest BCUT2D eigenvalue weighted by Crippen LogP contribution is -2.38. The van der Waals surface area contributed by atoms with E-state index in [0.717, 1.165) is 12.0 Å². The number of hydrogen-bond acceptors (Lipinski definition) is 5. The van der Waals surface area contributed by atoms with Gasteiger partial charge in [0.15, 0.2) is 0 Å². The Balaban J connectivity index is 0.000000493. The van der Waals surface area contributed by atoms with Crippen LogP contribution >= 0.6 is 0 Å². The van der Waals surface area contributed by atoms with Crippen molar-refractivity contribution in [2.45, 2.75) is 0 Å². The van der Waals surface area contributed by atoms with Gasteiger partial charge >= 0.3 is 17.9 Å². The van der Waals surface area contributed by atoms with E-state index in [0.29, 0.717) is 0 Å². The predicted octanol–water partition coefficient (Wildman–Crippen LogP) is 0.317. The molecule has 0 amide bonds. The van der Waals surface area contributed by atoms with Crippen LogP contribution in [0.5, 0.6) is 0 Å². The third-order valence-corrected chi connectivity index (χ3v) is 1.96. The molecule has 0 saturated carbocycles. The van der Waals surface area contributed by atoms with E-state index in [-0.39, 0.29) is 6.54 Å². The van der Waals surface area contributed by atoms with Crippen molar-refractivity contribution in [2.75, 3.05) is 26.7 Å². The third kappa shape index (κ3) is 10.7. The Labute approximate surface area is 116 Å². The highest BCUT2D eigenvalue weighted by Crippen LogP contribution is 1.89. The number of rotatable bonds is 6. The normalized spacial score (nSPS) is 9.30. The van der Waals surface area contributed by atoms with Crippen LogP contribution in [-0.4, -0.2) is 59.8 Å². The molecule has 0 unspecified atom stereocenters. The summed E-state index contributed by atoms with van der Waals surface area (Å²) in [4.78, 5) is 32.2. The summed E-state index contributed by atoms with van der Waals surface area (Å²) in [6, 6.07) is 12.0. The van der Waals surface area contributed by atoms with Crippen molar-refractivity contribution < 1.29 is 29.3 Å². The first-order chi connectivity index (χ1) is 9.45. The minimum Gasteiger partial charge on any atom is -0.480 e. The van der Waals surface area contributed by atoms with Crippen molar-refractivity contribution >= 4 is 17.9 Å². The average Bonchev–Trinajstić information content (AvgIpc) is 2.39. The first-order valence-electron chi connectivity index (χ1n) is 5.68. The molecular formula is C13H17NO6. The summed E-state index contributed by atoms with van der Waals surface area (Å²) in [7, 11) is 1.14. The fourth-order valence-electron chi connectivity index (χ4n) is 1.18. The Morgan fingerprint density at radius 1 is 0.850 bits per heavy atom. The predicted molar refractivity (Wildman–Crippen MR) is 70.2 cm³/mol. The van der Waals surface area contributed by atoms with E-state index in [1.54, 1.807) is 0 Å². The first-order valence-corrected chi connectivity index (χ1v) is 5.68. The van der Waals surface area contributed by atoms with Crippen molar-refractivity contribution in [3.63, 3.8) is 0 Å². The second-order valence-electron chi connectivity index (χ2n) is 3.66. The lowest BCUT2D eigenvalue weighted by Gasteiger charge is -2.15. The number of hydrogen-bond donors (Lipinski definition) is 2. The molecule has 0 spiro atoms. The molecule has 0 heterocycles. The molecule has 7 heteroatoms. The molecule has 1 aromatic carbocycles. The van der Waals surface area contributed by atoms with Gasteiger partial charge in [-0.1, -0.05) is 36.4 Å². The maximum Gasteiger partial charge on any atom is 0.319 e. The van der Waals surface area contributed by atoms with E-state index in [2.05, 4.69) is 4.74 Å². The summed E-state index contributed by atoms with van der Waals surface area (Å²) in [5, 5.41) is 16.8. The lowest BCUT2D eigenvalue weighted by molar-refractivity contribution is -0.146. The van der Waals surface area contributed by atoms with Gasteiger partial charge in [0.05, 0.1) is 26.7 Å². The van der Waals surface area contributed by atoms with E-state index < -0.39 is 31.0 Å². The highest BCUT2D eigenvalue weighted by atomic mass is 16.5. The molecule has 7 nitrogen and oxygen atoms in total. The average molecular weight is 283 g/mol. The van der Waals surface area contributed by atoms with Gasteiger partial charge in [0, 0.05) is 0 Å². The van der Waals surface area contributed by atoms with E-state index in [9.17, 15) is 14.4 Å². The van der Waals surface area contributed by atoms with E-state index in [1.165, 1.54) is 0 Å². The Morgan fingerprint density at radius 2 is 1.20 bits per heavy atom. The molecule has 20 heavy (non-hydrogen) atoms. The number of nitrogens with zero attached hydrogens (tertiary/aromatic N) is 1. The van der Waals surface area contributed by atoms with Gasteiger partial charge in [0.1, 0.15) is 0 Å². The summed E-state index contributed by atoms with van der Waals surface area (Å²) >= 11 is 0. The number of carboxylic acid groups (broad SMARTS) is 2. The number of carbonyl (C=O) groups is 3. The van der Waals surface area contributed by atoms with Crippen molar-refractivity contribution in [2.24, 2.45) is 0 Å². The zero-order valence-electron chi connectivity index (χ0n) is 11.1. The molecule has 2 N–H and O–H groups in total. The Hall–Kier alpha value is -2.41. The molecule has 0 bridgehead atoms. The zero-order chi connectivity index (χ0) is 15.4. The molecule has 0 aliphatic rings. The van der Waals surface area contributed by atoms with Crippen LogP contribution in [0.1, 0.15) is 0 Å². The van der Waals surface area contributed by atoms with Gasteiger partial charge in [0.25, 0.3) is 0 Å². The van der Waals surface area contributed by atoms with Crippen LogP contribution in [0, 0.1) is 0 Å². The smallest absolute Gasteiger partial charge is 0.319 e. The quantitative estimate of drug-likeness (QED) is 0.724. The van der Waals surface area contributed by atoms with Crippen molar-refractivity contribution in [1.29, 1.82) is 0 Å². The summed E-state index contributed by atoms with van der Waals surface area (Å²) in [6.45, 7) is -1.38. The van der Waals surface area contributed by atoms with Crippen LogP contribution in [0.3, 0.4) is 0 Å². The first kappa shape index (κ1) is 17.6. The van der Waals surface area contributed by atoms with E-state index in [1.807, 2.05) is 36.4 Å². The Kier molecular flexibility index (Phi) is 9.24. The molecular weight excluding hydrogens is 266 g/mol. The molecule has 0 fully saturated rings. The maximum atomic E-state index is 10.7. The molecule has 0 atom stereocenters. The third-order valence-electron chi connectivity index (χ3n) is 1.96. The topological polar surface area (TPSA) is 104 Å². The van der Waals surface area contributed by atoms with Crippen LogP contribution in [0.25, 0.3) is 0 Å². The monoisotopic (exact) mass is 283 g/mol. The van der Waals surface area contributed by atoms with Crippen LogP contribution < -0.4 is 0 Å². The molecule has 0 aromatic heterocycles. The largest absolute Gasteiger partial charge is 0.480 e. The number of methoxy groups -OCH3 is 1. The molecule has 1 aromatic rings. The minimum absolute atomic E-state index is 0.352. The van der Waals surface area contributed by atoms with Crippen molar-refractivity contribution in [1.82, 2.24) is 4.90 Å². The Morgan fingerprint density at radius 3 is 1.45 bits per heavy atom. The highest BCUT2D eigenvalue weighted by molar-refractivity contribution is 5.76. The minimum atomic E-state index is -1.20. The molecule has 0 radical (unpaired) electrons. The van der Waals surface area contributed by atoms with Gasteiger partial charge in [-0.3, -0.25) is 19.3 Å². The number of esters is 1. The second-order valence-corrected chi connectivity index (χ2v) is 3.66. The molecule has 0 aliphatic carbocycles. The fourth-order valence-corrected chi connectivity index (χ4v) is 1.18. The molecule has 0 saturated heterocycles. The van der Waals surface area contributed by atoms with Crippen molar-refractivity contribution in [3.8, 4) is 0 Å². The lowest BCUT2D eigenvalue weighted by atomic mass is 10.4. The summed E-state index contributed by atoms with van der Waals surface area (Å²) in [6.07, 6.45) is 0. The standard InChI is InChI=1S/C7H11NO6.C6H6/c1-14-7(13)4-8(2-5(9)10)3-6(11)12;1-2-4-6-5-3-1/h2-4H2,1H3,(H,9,10)(H,11,12);1-6H. The molecule has 110 valence electrons. The van der Waals surface area contributed by atoms with Gasteiger partial charge in [-0.2, -0.15) is 0 Å². The van der Waals surface area contributed by atoms with Crippen LogP contribution in [-0.2, 0) is 19.1 Å². The molecule has 1 rings (SSSR count). The fraction of sp³-hybridized carbons (Fsp3) is 0.308. The summed E-state index contributed by atoms with van der Waals surface area (Å²) in [5.41, 5.74) is 0. The van der Waals surface area contributed by atoms with Gasteiger partial charge in [-0.05, 0) is 0 Å². The Bertz CT molecular complexity index is 377. The number of aliphatic carboxylic acids is 2. The number of benzene rings is 1. The van der Waals surface area contributed by atoms with Gasteiger partial charge in [0.2, 0.25) is 0 Å². The summed E-state index contributed by atoms with van der Waals surface area (Å²) < 4.78 is 4.28. The van der Waals surface area contributed by atoms with Crippen LogP contribution in [0.2, 0.25) is 0 Å². The number of carboxylic acids is 2. The zero-order valence-corrected chi connectivity index (χ0v) is 11.1. The molecule has 0 aliphatic heterocycles. The SMILES string of the molecule is COC(=O)CN(CC(=O)O)CC(=O)O.c1ccccc1. The van der Waals surface area contributed by atoms with Crippen LogP contribution in [0.15, 0.2) is 36.4 Å². The highest BCUT2D eigenvalue weighted by Gasteiger charge is 2.16. The number of ether oxygens (including phenoxy) is 1. The van der Waals surface area contributed by atoms with E-state index >= 15 is 0 Å². The summed E-state index contributed by atoms with van der Waals surface area (Å²) in [5.74, 6) is -3.07. The van der Waals surface area contributed by atoms with Gasteiger partial charge in [-0.25, -0.2) is 0 Å². The van der Waals surface area contributed by atoms with E-state index in [4.69, 9.17) is 10.2 Å². The van der Waals surface area contributed by atoms with Crippen molar-refractivity contribution in [3.05, 3.63) is 36.4 Å². The van der Waals surface area contributed by atoms with Crippen LogP contribution in [0.4, 0.5) is 0 Å².